The van der Waals surface area contributed by atoms with Crippen molar-refractivity contribution in [2.75, 3.05) is 19.6 Å². The number of rotatable bonds is 4. The average molecular weight is 264 g/mol. The zero-order chi connectivity index (χ0) is 13.8. The Morgan fingerprint density at radius 2 is 2.00 bits per heavy atom. The molecule has 0 saturated carbocycles. The van der Waals surface area contributed by atoms with Crippen LogP contribution in [-0.2, 0) is 0 Å². The second-order valence-corrected chi connectivity index (χ2v) is 5.97. The predicted molar refractivity (Wildman–Crippen MR) is 77.6 cm³/mol. The molecule has 3 heteroatoms. The van der Waals surface area contributed by atoms with Gasteiger partial charge in [0.05, 0.1) is 0 Å². The van der Waals surface area contributed by atoms with Crippen molar-refractivity contribution in [2.45, 2.75) is 38.6 Å². The summed E-state index contributed by atoms with van der Waals surface area (Å²) in [7, 11) is 0. The quantitative estimate of drug-likeness (QED) is 0.906. The summed E-state index contributed by atoms with van der Waals surface area (Å²) in [5, 5.41) is 0. The standard InChI is InChI=1S/C16H25FN2/c1-12(13(2)18)11-19-8-6-14(7-9-19)15-4-3-5-16(17)10-15/h3-5,10,12-14H,6-9,11,18H2,1-2H3/t12?,13-/m0/s1. The van der Waals surface area contributed by atoms with Crippen molar-refractivity contribution in [3.8, 4) is 0 Å². The van der Waals surface area contributed by atoms with E-state index >= 15 is 0 Å². The number of hydrogen-bond donors (Lipinski definition) is 1. The summed E-state index contributed by atoms with van der Waals surface area (Å²) in [4.78, 5) is 2.49. The van der Waals surface area contributed by atoms with Gasteiger partial charge in [-0.25, -0.2) is 4.39 Å². The summed E-state index contributed by atoms with van der Waals surface area (Å²) >= 11 is 0. The van der Waals surface area contributed by atoms with Crippen LogP contribution in [-0.4, -0.2) is 30.6 Å². The third kappa shape index (κ3) is 4.02. The number of likely N-dealkylation sites (tertiary alicyclic amines) is 1. The van der Waals surface area contributed by atoms with Crippen LogP contribution in [0.3, 0.4) is 0 Å². The first-order valence-corrected chi connectivity index (χ1v) is 7.29. The van der Waals surface area contributed by atoms with Crippen molar-refractivity contribution in [1.29, 1.82) is 0 Å². The highest BCUT2D eigenvalue weighted by molar-refractivity contribution is 5.21. The molecule has 19 heavy (non-hydrogen) atoms. The van der Waals surface area contributed by atoms with Crippen LogP contribution < -0.4 is 5.73 Å². The summed E-state index contributed by atoms with van der Waals surface area (Å²) in [5.41, 5.74) is 7.07. The highest BCUT2D eigenvalue weighted by atomic mass is 19.1. The normalized spacial score (nSPS) is 21.3. The number of halogens is 1. The van der Waals surface area contributed by atoms with E-state index in [0.717, 1.165) is 38.0 Å². The van der Waals surface area contributed by atoms with E-state index in [1.165, 1.54) is 6.07 Å². The molecule has 106 valence electrons. The first-order valence-electron chi connectivity index (χ1n) is 7.29. The van der Waals surface area contributed by atoms with Crippen LogP contribution in [0.1, 0.15) is 38.2 Å². The van der Waals surface area contributed by atoms with Gasteiger partial charge < -0.3 is 10.6 Å². The van der Waals surface area contributed by atoms with Gasteiger partial charge >= 0.3 is 0 Å². The fourth-order valence-corrected chi connectivity index (χ4v) is 2.78. The van der Waals surface area contributed by atoms with E-state index < -0.39 is 0 Å². The average Bonchev–Trinajstić information content (AvgIpc) is 2.39. The third-order valence-electron chi connectivity index (χ3n) is 4.35. The maximum absolute atomic E-state index is 13.2. The van der Waals surface area contributed by atoms with Crippen molar-refractivity contribution in [2.24, 2.45) is 11.7 Å². The Labute approximate surface area is 115 Å². The number of nitrogens with zero attached hydrogens (tertiary/aromatic N) is 1. The lowest BCUT2D eigenvalue weighted by atomic mass is 9.89. The zero-order valence-electron chi connectivity index (χ0n) is 12.0. The highest BCUT2D eigenvalue weighted by Crippen LogP contribution is 2.28. The van der Waals surface area contributed by atoms with Crippen LogP contribution in [0.2, 0.25) is 0 Å². The molecule has 2 rings (SSSR count). The van der Waals surface area contributed by atoms with Crippen LogP contribution in [0.15, 0.2) is 24.3 Å². The van der Waals surface area contributed by atoms with Gasteiger partial charge in [0, 0.05) is 12.6 Å². The highest BCUT2D eigenvalue weighted by Gasteiger charge is 2.22. The fourth-order valence-electron chi connectivity index (χ4n) is 2.78. The number of nitrogens with two attached hydrogens (primary N) is 1. The van der Waals surface area contributed by atoms with Crippen LogP contribution in [0.5, 0.6) is 0 Å². The maximum atomic E-state index is 13.2. The van der Waals surface area contributed by atoms with Crippen molar-refractivity contribution in [3.05, 3.63) is 35.6 Å². The van der Waals surface area contributed by atoms with Crippen LogP contribution in [0, 0.1) is 11.7 Å². The zero-order valence-corrected chi connectivity index (χ0v) is 12.0. The molecular formula is C16H25FN2. The van der Waals surface area contributed by atoms with Gasteiger partial charge in [-0.3, -0.25) is 0 Å². The Balaban J connectivity index is 1.85. The van der Waals surface area contributed by atoms with Crippen molar-refractivity contribution in [3.63, 3.8) is 0 Å². The van der Waals surface area contributed by atoms with Gasteiger partial charge in [-0.15, -0.1) is 0 Å². The lowest BCUT2D eigenvalue weighted by molar-refractivity contribution is 0.179. The topological polar surface area (TPSA) is 29.3 Å². The number of benzene rings is 1. The predicted octanol–water partition coefficient (Wildman–Crippen LogP) is 2.99. The summed E-state index contributed by atoms with van der Waals surface area (Å²) < 4.78 is 13.2. The number of hydrogen-bond acceptors (Lipinski definition) is 2. The van der Waals surface area contributed by atoms with Crippen molar-refractivity contribution in [1.82, 2.24) is 4.90 Å². The molecule has 1 fully saturated rings. The van der Waals surface area contributed by atoms with Gasteiger partial charge in [0.1, 0.15) is 5.82 Å². The summed E-state index contributed by atoms with van der Waals surface area (Å²) in [6.45, 7) is 7.55. The Bertz CT molecular complexity index is 397. The van der Waals surface area contributed by atoms with Crippen LogP contribution in [0.4, 0.5) is 4.39 Å². The van der Waals surface area contributed by atoms with Gasteiger partial charge in [0.2, 0.25) is 0 Å². The third-order valence-corrected chi connectivity index (χ3v) is 4.35. The minimum absolute atomic E-state index is 0.120. The maximum Gasteiger partial charge on any atom is 0.123 e. The molecular weight excluding hydrogens is 239 g/mol. The first-order chi connectivity index (χ1) is 9.06. The van der Waals surface area contributed by atoms with Crippen molar-refractivity contribution >= 4 is 0 Å². The second kappa shape index (κ2) is 6.49. The van der Waals surface area contributed by atoms with Crippen molar-refractivity contribution < 1.29 is 4.39 Å². The molecule has 2 N–H and O–H groups in total. The molecule has 1 heterocycles. The summed E-state index contributed by atoms with van der Waals surface area (Å²) in [6.07, 6.45) is 2.24. The van der Waals surface area contributed by atoms with E-state index in [9.17, 15) is 4.39 Å². The van der Waals surface area contributed by atoms with Gasteiger partial charge in [0.15, 0.2) is 0 Å². The molecule has 1 aromatic carbocycles. The lowest BCUT2D eigenvalue weighted by Gasteiger charge is -2.34. The molecule has 0 amide bonds. The van der Waals surface area contributed by atoms with Gasteiger partial charge in [-0.2, -0.15) is 0 Å². The molecule has 2 atom stereocenters. The van der Waals surface area contributed by atoms with E-state index in [2.05, 4.69) is 18.7 Å². The molecule has 0 spiro atoms. The van der Waals surface area contributed by atoms with E-state index in [-0.39, 0.29) is 11.9 Å². The first kappa shape index (κ1) is 14.5. The molecule has 0 aromatic heterocycles. The molecule has 2 nitrogen and oxygen atoms in total. The lowest BCUT2D eigenvalue weighted by Crippen LogP contribution is -2.40. The molecule has 1 aliphatic heterocycles. The fraction of sp³-hybridized carbons (Fsp3) is 0.625. The molecule has 1 aromatic rings. The van der Waals surface area contributed by atoms with Gasteiger partial charge in [-0.05, 0) is 62.4 Å². The van der Waals surface area contributed by atoms with Crippen LogP contribution in [0.25, 0.3) is 0 Å². The molecule has 0 aliphatic carbocycles. The number of piperidine rings is 1. The minimum atomic E-state index is -0.120. The molecule has 1 aliphatic rings. The van der Waals surface area contributed by atoms with Crippen LogP contribution >= 0.6 is 0 Å². The second-order valence-electron chi connectivity index (χ2n) is 5.97. The Morgan fingerprint density at radius 3 is 2.58 bits per heavy atom. The summed E-state index contributed by atoms with van der Waals surface area (Å²) in [5.74, 6) is 0.925. The van der Waals surface area contributed by atoms with E-state index in [0.29, 0.717) is 11.8 Å². The van der Waals surface area contributed by atoms with E-state index in [1.807, 2.05) is 12.1 Å². The molecule has 1 saturated heterocycles. The minimum Gasteiger partial charge on any atom is -0.328 e. The van der Waals surface area contributed by atoms with E-state index in [1.54, 1.807) is 6.07 Å². The SMILES string of the molecule is CC(CN1CCC(c2cccc(F)c2)CC1)[C@H](C)N. The van der Waals surface area contributed by atoms with Gasteiger partial charge in [-0.1, -0.05) is 19.1 Å². The Morgan fingerprint density at radius 1 is 1.32 bits per heavy atom. The summed E-state index contributed by atoms with van der Waals surface area (Å²) in [6, 6.07) is 7.32. The molecule has 1 unspecified atom stereocenters. The molecule has 0 radical (unpaired) electrons. The Hall–Kier alpha value is -0.930. The molecule has 0 bridgehead atoms. The Kier molecular flexibility index (Phi) is 4.94. The largest absolute Gasteiger partial charge is 0.328 e. The van der Waals surface area contributed by atoms with E-state index in [4.69, 9.17) is 5.73 Å². The monoisotopic (exact) mass is 264 g/mol. The van der Waals surface area contributed by atoms with Gasteiger partial charge in [0.25, 0.3) is 0 Å². The smallest absolute Gasteiger partial charge is 0.123 e.